The number of halogens is 2. The van der Waals surface area contributed by atoms with Gasteiger partial charge in [0, 0.05) is 30.3 Å². The Labute approximate surface area is 190 Å². The van der Waals surface area contributed by atoms with Crippen LogP contribution in [0, 0.1) is 32.5 Å². The van der Waals surface area contributed by atoms with Gasteiger partial charge in [0.2, 0.25) is 0 Å². The highest BCUT2D eigenvalue weighted by Crippen LogP contribution is 2.33. The average molecular weight is 452 g/mol. The van der Waals surface area contributed by atoms with Crippen molar-refractivity contribution in [1.82, 2.24) is 34.5 Å². The molecule has 7 nitrogen and oxygen atoms in total. The Balaban J connectivity index is 1.52. The van der Waals surface area contributed by atoms with E-state index in [1.165, 1.54) is 25.1 Å². The summed E-state index contributed by atoms with van der Waals surface area (Å²) in [5.41, 5.74) is 6.01. The van der Waals surface area contributed by atoms with E-state index in [0.717, 1.165) is 40.6 Å². The quantitative estimate of drug-likeness (QED) is 0.427. The Morgan fingerprint density at radius 1 is 1.09 bits per heavy atom. The smallest absolute Gasteiger partial charge is 0.157 e. The fourth-order valence-electron chi connectivity index (χ4n) is 3.88. The van der Waals surface area contributed by atoms with Gasteiger partial charge in [0.25, 0.3) is 0 Å². The molecule has 0 N–H and O–H groups in total. The van der Waals surface area contributed by atoms with Crippen molar-refractivity contribution in [3.63, 3.8) is 0 Å². The molecule has 1 aliphatic rings. The molecular weight excluding hydrogens is 429 g/mol. The molecule has 1 aliphatic carbocycles. The summed E-state index contributed by atoms with van der Waals surface area (Å²) in [6, 6.07) is 5.02. The molecule has 0 unspecified atom stereocenters. The lowest BCUT2D eigenvalue weighted by molar-refractivity contribution is 0.543. The van der Waals surface area contributed by atoms with E-state index in [1.54, 1.807) is 17.1 Å². The Morgan fingerprint density at radius 3 is 2.56 bits per heavy atom. The number of pyridine rings is 1. The molecule has 5 rings (SSSR count). The predicted molar refractivity (Wildman–Crippen MR) is 119 cm³/mol. The number of nitrogens with zero attached hydrogens (tertiary/aromatic N) is 7. The SMILES string of the molecule is Cc1nn(-c2cc(Cc3c(C)c(-c4ccc(F)cn4)nn3CC3CC3)ncn2)c(C)c1Cl. The molecule has 0 aliphatic heterocycles. The zero-order valence-electron chi connectivity index (χ0n) is 18.2. The zero-order chi connectivity index (χ0) is 22.4. The van der Waals surface area contributed by atoms with Crippen molar-refractivity contribution in [2.24, 2.45) is 5.92 Å². The summed E-state index contributed by atoms with van der Waals surface area (Å²) in [4.78, 5) is 13.1. The third-order valence-corrected chi connectivity index (χ3v) is 6.44. The number of rotatable bonds is 6. The van der Waals surface area contributed by atoms with Gasteiger partial charge in [-0.3, -0.25) is 9.67 Å². The first kappa shape index (κ1) is 20.8. The summed E-state index contributed by atoms with van der Waals surface area (Å²) in [5, 5.41) is 9.99. The molecule has 0 amide bonds. The highest BCUT2D eigenvalue weighted by atomic mass is 35.5. The summed E-state index contributed by atoms with van der Waals surface area (Å²) in [6.45, 7) is 6.69. The average Bonchev–Trinajstić information content (AvgIpc) is 3.51. The second kappa shape index (κ2) is 8.09. The fourth-order valence-corrected chi connectivity index (χ4v) is 4.00. The lowest BCUT2D eigenvalue weighted by Gasteiger charge is -2.09. The van der Waals surface area contributed by atoms with Crippen molar-refractivity contribution < 1.29 is 4.39 Å². The summed E-state index contributed by atoms with van der Waals surface area (Å²) in [5.74, 6) is 0.968. The van der Waals surface area contributed by atoms with Crippen LogP contribution < -0.4 is 0 Å². The van der Waals surface area contributed by atoms with Gasteiger partial charge in [0.15, 0.2) is 5.82 Å². The van der Waals surface area contributed by atoms with Gasteiger partial charge in [0.05, 0.1) is 34.0 Å². The van der Waals surface area contributed by atoms with E-state index in [2.05, 4.69) is 24.7 Å². The number of hydrogen-bond donors (Lipinski definition) is 0. The lowest BCUT2D eigenvalue weighted by atomic mass is 10.1. The van der Waals surface area contributed by atoms with E-state index >= 15 is 0 Å². The predicted octanol–water partition coefficient (Wildman–Crippen LogP) is 4.64. The van der Waals surface area contributed by atoms with E-state index < -0.39 is 0 Å². The van der Waals surface area contributed by atoms with Gasteiger partial charge in [-0.1, -0.05) is 11.6 Å². The highest BCUT2D eigenvalue weighted by Gasteiger charge is 2.26. The molecule has 1 fully saturated rings. The summed E-state index contributed by atoms with van der Waals surface area (Å²) in [7, 11) is 0. The molecular formula is C23H23ClFN7. The van der Waals surface area contributed by atoms with Gasteiger partial charge in [-0.15, -0.1) is 0 Å². The fraction of sp³-hybridized carbons (Fsp3) is 0.348. The van der Waals surface area contributed by atoms with Crippen LogP contribution in [0.3, 0.4) is 0 Å². The monoisotopic (exact) mass is 451 g/mol. The molecule has 0 aromatic carbocycles. The van der Waals surface area contributed by atoms with Gasteiger partial charge in [-0.05, 0) is 51.7 Å². The van der Waals surface area contributed by atoms with Gasteiger partial charge in [-0.25, -0.2) is 19.0 Å². The van der Waals surface area contributed by atoms with Crippen LogP contribution >= 0.6 is 11.6 Å². The second-order valence-electron chi connectivity index (χ2n) is 8.35. The number of aromatic nitrogens is 7. The standard InChI is InChI=1S/C23H23ClFN7/c1-13-20(8-18-9-21(28-12-27-18)32-15(3)22(24)14(2)29-32)31(11-16-4-5-16)30-23(13)19-7-6-17(25)10-26-19/h6-7,9-10,12,16H,4-5,8,11H2,1-3H3. The van der Waals surface area contributed by atoms with E-state index in [1.807, 2.05) is 26.8 Å². The van der Waals surface area contributed by atoms with Gasteiger partial charge in [-0.2, -0.15) is 10.2 Å². The van der Waals surface area contributed by atoms with Crippen LogP contribution in [-0.4, -0.2) is 34.5 Å². The summed E-state index contributed by atoms with van der Waals surface area (Å²) < 4.78 is 17.2. The molecule has 4 heterocycles. The molecule has 9 heteroatoms. The molecule has 4 aromatic heterocycles. The molecule has 4 aromatic rings. The summed E-state index contributed by atoms with van der Waals surface area (Å²) in [6.07, 6.45) is 5.81. The number of aryl methyl sites for hydroxylation is 1. The van der Waals surface area contributed by atoms with Crippen molar-refractivity contribution in [2.75, 3.05) is 0 Å². The Morgan fingerprint density at radius 2 is 1.91 bits per heavy atom. The number of hydrogen-bond acceptors (Lipinski definition) is 5. The van der Waals surface area contributed by atoms with Crippen LogP contribution in [0.1, 0.15) is 41.2 Å². The molecule has 1 saturated carbocycles. The maximum absolute atomic E-state index is 13.4. The molecule has 0 saturated heterocycles. The van der Waals surface area contributed by atoms with E-state index in [-0.39, 0.29) is 5.82 Å². The Hall–Kier alpha value is -3.13. The molecule has 0 atom stereocenters. The van der Waals surface area contributed by atoms with Crippen LogP contribution in [0.15, 0.2) is 30.7 Å². The van der Waals surface area contributed by atoms with Gasteiger partial charge in [0.1, 0.15) is 17.8 Å². The van der Waals surface area contributed by atoms with Crippen LogP contribution in [0.4, 0.5) is 4.39 Å². The largest absolute Gasteiger partial charge is 0.268 e. The molecule has 32 heavy (non-hydrogen) atoms. The first-order chi connectivity index (χ1) is 15.4. The molecule has 0 bridgehead atoms. The maximum atomic E-state index is 13.4. The van der Waals surface area contributed by atoms with Crippen LogP contribution in [0.25, 0.3) is 17.2 Å². The second-order valence-corrected chi connectivity index (χ2v) is 8.73. The zero-order valence-corrected chi connectivity index (χ0v) is 18.9. The van der Waals surface area contributed by atoms with Crippen LogP contribution in [0.5, 0.6) is 0 Å². The van der Waals surface area contributed by atoms with Crippen molar-refractivity contribution in [2.45, 2.75) is 46.6 Å². The van der Waals surface area contributed by atoms with Crippen molar-refractivity contribution in [3.05, 3.63) is 69.9 Å². The van der Waals surface area contributed by atoms with E-state index in [9.17, 15) is 4.39 Å². The third kappa shape index (κ3) is 3.90. The van der Waals surface area contributed by atoms with Crippen molar-refractivity contribution in [1.29, 1.82) is 0 Å². The topological polar surface area (TPSA) is 74.3 Å². The minimum atomic E-state index is -0.359. The minimum absolute atomic E-state index is 0.359. The molecule has 164 valence electrons. The van der Waals surface area contributed by atoms with Crippen LogP contribution in [0.2, 0.25) is 5.02 Å². The van der Waals surface area contributed by atoms with E-state index in [4.69, 9.17) is 16.7 Å². The minimum Gasteiger partial charge on any atom is -0.268 e. The molecule has 0 spiro atoms. The Kier molecular flexibility index (Phi) is 5.25. The van der Waals surface area contributed by atoms with Gasteiger partial charge < -0.3 is 0 Å². The normalized spacial score (nSPS) is 13.7. The first-order valence-electron chi connectivity index (χ1n) is 10.6. The maximum Gasteiger partial charge on any atom is 0.157 e. The van der Waals surface area contributed by atoms with Gasteiger partial charge >= 0.3 is 0 Å². The van der Waals surface area contributed by atoms with Crippen molar-refractivity contribution in [3.8, 4) is 17.2 Å². The highest BCUT2D eigenvalue weighted by molar-refractivity contribution is 6.31. The third-order valence-electron chi connectivity index (χ3n) is 5.90. The van der Waals surface area contributed by atoms with Crippen molar-refractivity contribution >= 4 is 11.6 Å². The van der Waals surface area contributed by atoms with Crippen LogP contribution in [-0.2, 0) is 13.0 Å². The first-order valence-corrected chi connectivity index (χ1v) is 11.0. The Bertz CT molecular complexity index is 1290. The summed E-state index contributed by atoms with van der Waals surface area (Å²) >= 11 is 6.32. The van der Waals surface area contributed by atoms with E-state index in [0.29, 0.717) is 28.9 Å². The molecule has 0 radical (unpaired) electrons. The lowest BCUT2D eigenvalue weighted by Crippen LogP contribution is -2.10.